The predicted molar refractivity (Wildman–Crippen MR) is 122 cm³/mol. The highest BCUT2D eigenvalue weighted by atomic mass is 16.5. The van der Waals surface area contributed by atoms with Crippen LogP contribution >= 0.6 is 0 Å². The molecule has 2 aromatic rings. The van der Waals surface area contributed by atoms with Crippen molar-refractivity contribution < 1.29 is 24.2 Å². The molecule has 3 N–H and O–H groups in total. The number of carboxylic acids is 1. The van der Waals surface area contributed by atoms with Gasteiger partial charge in [-0.05, 0) is 35.6 Å². The van der Waals surface area contributed by atoms with Crippen LogP contribution in [0.3, 0.4) is 0 Å². The topological polar surface area (TPSA) is 105 Å². The third-order valence-corrected chi connectivity index (χ3v) is 5.10. The van der Waals surface area contributed by atoms with E-state index in [9.17, 15) is 19.5 Å². The first-order valence-electron chi connectivity index (χ1n) is 10.7. The lowest BCUT2D eigenvalue weighted by Gasteiger charge is -2.23. The molecule has 172 valence electrons. The van der Waals surface area contributed by atoms with Gasteiger partial charge >= 0.3 is 5.97 Å². The molecule has 0 spiro atoms. The molecular weight excluding hydrogens is 408 g/mol. The maximum atomic E-state index is 13.1. The summed E-state index contributed by atoms with van der Waals surface area (Å²) in [5.41, 5.74) is 1.64. The van der Waals surface area contributed by atoms with Crippen molar-refractivity contribution in [2.75, 3.05) is 7.11 Å². The summed E-state index contributed by atoms with van der Waals surface area (Å²) in [6, 6.07) is 15.8. The summed E-state index contributed by atoms with van der Waals surface area (Å²) in [6.45, 7) is 4.36. The Morgan fingerprint density at radius 1 is 0.969 bits per heavy atom. The van der Waals surface area contributed by atoms with Gasteiger partial charge in [-0.2, -0.15) is 0 Å². The van der Waals surface area contributed by atoms with Gasteiger partial charge in [-0.3, -0.25) is 14.4 Å². The number of nitrogens with one attached hydrogen (secondary N) is 2. The van der Waals surface area contributed by atoms with Gasteiger partial charge < -0.3 is 20.5 Å². The van der Waals surface area contributed by atoms with Crippen LogP contribution < -0.4 is 15.4 Å². The van der Waals surface area contributed by atoms with E-state index in [1.54, 1.807) is 31.4 Å². The van der Waals surface area contributed by atoms with E-state index in [-0.39, 0.29) is 30.6 Å². The molecule has 1 unspecified atom stereocenters. The number of methoxy groups -OCH3 is 1. The lowest BCUT2D eigenvalue weighted by Crippen LogP contribution is -2.38. The highest BCUT2D eigenvalue weighted by molar-refractivity contribution is 5.86. The quantitative estimate of drug-likeness (QED) is 0.467. The second-order valence-electron chi connectivity index (χ2n) is 8.23. The zero-order valence-electron chi connectivity index (χ0n) is 18.8. The van der Waals surface area contributed by atoms with Crippen molar-refractivity contribution in [2.45, 2.75) is 45.7 Å². The number of ether oxygens (including phenoxy) is 1. The Kier molecular flexibility index (Phi) is 9.73. The van der Waals surface area contributed by atoms with E-state index in [0.717, 1.165) is 5.56 Å². The van der Waals surface area contributed by atoms with E-state index in [1.165, 1.54) is 0 Å². The molecule has 2 aromatic carbocycles. The number of hydrogen-bond acceptors (Lipinski definition) is 4. The van der Waals surface area contributed by atoms with Crippen LogP contribution in [0.5, 0.6) is 5.75 Å². The molecule has 0 aliphatic heterocycles. The Labute approximate surface area is 189 Å². The lowest BCUT2D eigenvalue weighted by molar-refractivity contribution is -0.138. The van der Waals surface area contributed by atoms with Crippen LogP contribution in [0.1, 0.15) is 50.3 Å². The molecule has 7 nitrogen and oxygen atoms in total. The number of amides is 2. The highest BCUT2D eigenvalue weighted by Gasteiger charge is 2.26. The number of carboxylic acid groups (broad SMARTS) is 1. The smallest absolute Gasteiger partial charge is 0.305 e. The van der Waals surface area contributed by atoms with Crippen LogP contribution in [0.15, 0.2) is 54.6 Å². The monoisotopic (exact) mass is 440 g/mol. The molecule has 0 aliphatic carbocycles. The van der Waals surface area contributed by atoms with E-state index < -0.39 is 17.9 Å². The molecule has 0 fully saturated rings. The summed E-state index contributed by atoms with van der Waals surface area (Å²) < 4.78 is 5.14. The van der Waals surface area contributed by atoms with Crippen LogP contribution in [-0.2, 0) is 20.9 Å². The normalized spacial score (nSPS) is 12.6. The molecule has 2 amide bonds. The van der Waals surface area contributed by atoms with Gasteiger partial charge in [-0.1, -0.05) is 56.3 Å². The summed E-state index contributed by atoms with van der Waals surface area (Å²) in [6.07, 6.45) is 0.304. The SMILES string of the molecule is COc1ccc([C@H](CC(=O)O)NC(=O)C(CC(=O)NCc2ccccc2)CC(C)C)cc1. The third kappa shape index (κ3) is 8.41. The van der Waals surface area contributed by atoms with Crippen molar-refractivity contribution in [1.29, 1.82) is 0 Å². The summed E-state index contributed by atoms with van der Waals surface area (Å²) >= 11 is 0. The van der Waals surface area contributed by atoms with Crippen LogP contribution in [0.25, 0.3) is 0 Å². The summed E-state index contributed by atoms with van der Waals surface area (Å²) in [5, 5.41) is 15.0. The van der Waals surface area contributed by atoms with Crippen molar-refractivity contribution in [2.24, 2.45) is 11.8 Å². The molecule has 0 radical (unpaired) electrons. The second kappa shape index (κ2) is 12.5. The molecule has 0 aliphatic rings. The van der Waals surface area contributed by atoms with Crippen molar-refractivity contribution in [3.05, 3.63) is 65.7 Å². The Balaban J connectivity index is 2.07. The van der Waals surface area contributed by atoms with Gasteiger partial charge in [-0.15, -0.1) is 0 Å². The number of carbonyl (C=O) groups is 3. The maximum absolute atomic E-state index is 13.1. The molecule has 0 aromatic heterocycles. The molecule has 0 heterocycles. The third-order valence-electron chi connectivity index (χ3n) is 5.10. The lowest BCUT2D eigenvalue weighted by atomic mass is 9.92. The largest absolute Gasteiger partial charge is 0.497 e. The minimum Gasteiger partial charge on any atom is -0.497 e. The van der Waals surface area contributed by atoms with Gasteiger partial charge in [0.05, 0.1) is 19.6 Å². The molecule has 0 saturated carbocycles. The Morgan fingerprint density at radius 2 is 1.62 bits per heavy atom. The number of aliphatic carboxylic acids is 1. The van der Waals surface area contributed by atoms with E-state index in [0.29, 0.717) is 24.3 Å². The zero-order valence-corrected chi connectivity index (χ0v) is 18.8. The van der Waals surface area contributed by atoms with Gasteiger partial charge in [0, 0.05) is 18.9 Å². The Morgan fingerprint density at radius 3 is 2.19 bits per heavy atom. The molecule has 0 saturated heterocycles. The van der Waals surface area contributed by atoms with Crippen LogP contribution in [0.4, 0.5) is 0 Å². The first-order valence-corrected chi connectivity index (χ1v) is 10.7. The summed E-state index contributed by atoms with van der Waals surface area (Å²) in [4.78, 5) is 37.0. The Bertz CT molecular complexity index is 881. The van der Waals surface area contributed by atoms with Crippen molar-refractivity contribution in [3.8, 4) is 5.75 Å². The first-order chi connectivity index (χ1) is 15.3. The minimum absolute atomic E-state index is 0.0409. The average molecular weight is 441 g/mol. The van der Waals surface area contributed by atoms with Crippen LogP contribution in [-0.4, -0.2) is 30.0 Å². The van der Waals surface area contributed by atoms with Crippen LogP contribution in [0.2, 0.25) is 0 Å². The second-order valence-corrected chi connectivity index (χ2v) is 8.23. The first kappa shape index (κ1) is 24.9. The van der Waals surface area contributed by atoms with Gasteiger partial charge in [0.1, 0.15) is 5.75 Å². The van der Waals surface area contributed by atoms with Crippen LogP contribution in [0, 0.1) is 11.8 Å². The molecule has 2 rings (SSSR count). The fourth-order valence-electron chi connectivity index (χ4n) is 3.50. The summed E-state index contributed by atoms with van der Waals surface area (Å²) in [7, 11) is 1.55. The summed E-state index contributed by atoms with van der Waals surface area (Å²) in [5.74, 6) is -1.27. The molecule has 32 heavy (non-hydrogen) atoms. The highest BCUT2D eigenvalue weighted by Crippen LogP contribution is 2.23. The van der Waals surface area contributed by atoms with Crippen molar-refractivity contribution >= 4 is 17.8 Å². The number of hydrogen-bond donors (Lipinski definition) is 3. The standard InChI is InChI=1S/C25H32N2O5/c1-17(2)13-20(14-23(28)26-16-18-7-5-4-6-8-18)25(31)27-22(15-24(29)30)19-9-11-21(32-3)12-10-19/h4-12,17,20,22H,13-16H2,1-3H3,(H,26,28)(H,27,31)(H,29,30)/t20?,22-/m0/s1. The van der Waals surface area contributed by atoms with E-state index >= 15 is 0 Å². The number of carbonyl (C=O) groups excluding carboxylic acids is 2. The van der Waals surface area contributed by atoms with Gasteiger partial charge in [-0.25, -0.2) is 0 Å². The molecule has 0 bridgehead atoms. The van der Waals surface area contributed by atoms with Crippen molar-refractivity contribution in [3.63, 3.8) is 0 Å². The van der Waals surface area contributed by atoms with Crippen molar-refractivity contribution in [1.82, 2.24) is 10.6 Å². The molecule has 2 atom stereocenters. The molecule has 7 heteroatoms. The minimum atomic E-state index is -1.02. The van der Waals surface area contributed by atoms with E-state index in [1.807, 2.05) is 44.2 Å². The number of benzene rings is 2. The predicted octanol–water partition coefficient (Wildman–Crippen LogP) is 3.70. The van der Waals surface area contributed by atoms with Gasteiger partial charge in [0.15, 0.2) is 0 Å². The van der Waals surface area contributed by atoms with Gasteiger partial charge in [0.25, 0.3) is 0 Å². The van der Waals surface area contributed by atoms with E-state index in [4.69, 9.17) is 4.74 Å². The fraction of sp³-hybridized carbons (Fsp3) is 0.400. The number of rotatable bonds is 12. The van der Waals surface area contributed by atoms with Gasteiger partial charge in [0.2, 0.25) is 11.8 Å². The average Bonchev–Trinajstić information content (AvgIpc) is 2.77. The Hall–Kier alpha value is -3.35. The van der Waals surface area contributed by atoms with E-state index in [2.05, 4.69) is 10.6 Å². The molecular formula is C25H32N2O5. The zero-order chi connectivity index (χ0) is 23.5. The maximum Gasteiger partial charge on any atom is 0.305 e. The fourth-order valence-corrected chi connectivity index (χ4v) is 3.50.